The number of carboxylic acid groups (broad SMARTS) is 1. The maximum Gasteiger partial charge on any atom is 0.335 e. The molecule has 2 aromatic rings. The fourth-order valence-electron chi connectivity index (χ4n) is 6.47. The Kier molecular flexibility index (Phi) is 7.87. The first kappa shape index (κ1) is 28.1. The first-order chi connectivity index (χ1) is 19.0. The number of carboxylic acids is 1. The number of likely N-dealkylation sites (tertiary alicyclic amines) is 2. The molecule has 0 spiro atoms. The summed E-state index contributed by atoms with van der Waals surface area (Å²) in [6, 6.07) is 6.39. The van der Waals surface area contributed by atoms with Gasteiger partial charge in [0.2, 0.25) is 15.9 Å². The first-order valence-corrected chi connectivity index (χ1v) is 15.6. The first-order valence-electron chi connectivity index (χ1n) is 13.7. The van der Waals surface area contributed by atoms with E-state index in [1.54, 1.807) is 23.2 Å². The Morgan fingerprint density at radius 1 is 1.10 bits per heavy atom. The lowest BCUT2D eigenvalue weighted by atomic mass is 9.83. The third kappa shape index (κ3) is 5.85. The number of amides is 1. The van der Waals surface area contributed by atoms with E-state index in [2.05, 4.69) is 9.97 Å². The van der Waals surface area contributed by atoms with Gasteiger partial charge in [0.25, 0.3) is 0 Å². The molecule has 0 aliphatic carbocycles. The van der Waals surface area contributed by atoms with Crippen LogP contribution >= 0.6 is 0 Å². The maximum absolute atomic E-state index is 13.9. The maximum atomic E-state index is 13.9. The monoisotopic (exact) mass is 571 g/mol. The summed E-state index contributed by atoms with van der Waals surface area (Å²) in [5, 5.41) is 17.1. The number of H-pyrrole nitrogens is 1. The van der Waals surface area contributed by atoms with Crippen LogP contribution in [0.2, 0.25) is 0 Å². The van der Waals surface area contributed by atoms with E-state index in [-0.39, 0.29) is 35.3 Å². The molecule has 12 nitrogen and oxygen atoms in total. The van der Waals surface area contributed by atoms with Crippen molar-refractivity contribution in [2.45, 2.75) is 38.1 Å². The largest absolute Gasteiger partial charge is 0.478 e. The van der Waals surface area contributed by atoms with Crippen molar-refractivity contribution in [3.63, 3.8) is 0 Å². The van der Waals surface area contributed by atoms with E-state index in [4.69, 9.17) is 11.1 Å². The summed E-state index contributed by atoms with van der Waals surface area (Å²) in [7, 11) is -3.22. The summed E-state index contributed by atoms with van der Waals surface area (Å²) >= 11 is 0. The number of carbonyl (C=O) groups excluding carboxylic acids is 1. The number of imidazole rings is 1. The Morgan fingerprint density at radius 2 is 1.80 bits per heavy atom. The topological polar surface area (TPSA) is 177 Å². The summed E-state index contributed by atoms with van der Waals surface area (Å²) in [6.45, 7) is 2.72. The Bertz CT molecular complexity index is 1380. The number of nitrogens with zero attached hydrogens (tertiary/aromatic N) is 4. The van der Waals surface area contributed by atoms with E-state index >= 15 is 0 Å². The van der Waals surface area contributed by atoms with Gasteiger partial charge in [0, 0.05) is 44.2 Å². The predicted octanol–water partition coefficient (Wildman–Crippen LogP) is 1.94. The normalized spacial score (nSPS) is 23.4. The van der Waals surface area contributed by atoms with Gasteiger partial charge in [0.15, 0.2) is 5.96 Å². The second-order valence-corrected chi connectivity index (χ2v) is 13.2. The highest BCUT2D eigenvalue weighted by atomic mass is 32.2. The van der Waals surface area contributed by atoms with Gasteiger partial charge in [-0.2, -0.15) is 0 Å². The molecule has 1 amide bonds. The van der Waals surface area contributed by atoms with Crippen LogP contribution in [0.1, 0.15) is 54.3 Å². The summed E-state index contributed by atoms with van der Waals surface area (Å²) in [5.74, 6) is 0.133. The minimum Gasteiger partial charge on any atom is -0.478 e. The van der Waals surface area contributed by atoms with Crippen LogP contribution in [0.15, 0.2) is 30.5 Å². The molecular weight excluding hydrogens is 534 g/mol. The second kappa shape index (κ2) is 11.2. The summed E-state index contributed by atoms with van der Waals surface area (Å²) in [4.78, 5) is 37.1. The fourth-order valence-corrected chi connectivity index (χ4v) is 7.34. The van der Waals surface area contributed by atoms with Gasteiger partial charge < -0.3 is 25.6 Å². The zero-order valence-electron chi connectivity index (χ0n) is 22.6. The van der Waals surface area contributed by atoms with Crippen LogP contribution in [-0.2, 0) is 14.8 Å². The van der Waals surface area contributed by atoms with E-state index in [1.807, 2.05) is 11.0 Å². The molecule has 13 heteroatoms. The number of nitrogens with one attached hydrogen (secondary N) is 2. The quantitative estimate of drug-likeness (QED) is 0.300. The minimum absolute atomic E-state index is 0.0283. The highest BCUT2D eigenvalue weighted by molar-refractivity contribution is 7.88. The summed E-state index contributed by atoms with van der Waals surface area (Å²) in [5.41, 5.74) is 7.22. The van der Waals surface area contributed by atoms with Crippen molar-refractivity contribution in [1.82, 2.24) is 24.1 Å². The number of nitrogens with two attached hydrogens (primary N) is 1. The minimum atomic E-state index is -3.22. The van der Waals surface area contributed by atoms with Gasteiger partial charge in [-0.15, -0.1) is 0 Å². The number of guanidine groups is 1. The molecule has 5 rings (SSSR count). The zero-order chi connectivity index (χ0) is 28.6. The summed E-state index contributed by atoms with van der Waals surface area (Å²) in [6.07, 6.45) is 6.43. The smallest absolute Gasteiger partial charge is 0.335 e. The molecular formula is C27H37N7O5S. The number of rotatable bonds is 6. The second-order valence-electron chi connectivity index (χ2n) is 11.2. The van der Waals surface area contributed by atoms with Crippen molar-refractivity contribution in [2.75, 3.05) is 39.0 Å². The van der Waals surface area contributed by atoms with Crippen molar-refractivity contribution in [1.29, 1.82) is 5.41 Å². The van der Waals surface area contributed by atoms with Gasteiger partial charge in [-0.05, 0) is 56.1 Å². The molecule has 3 saturated heterocycles. The Labute approximate surface area is 234 Å². The van der Waals surface area contributed by atoms with Crippen molar-refractivity contribution >= 4 is 27.9 Å². The Hall–Kier alpha value is -3.45. The van der Waals surface area contributed by atoms with Gasteiger partial charge in [-0.3, -0.25) is 10.2 Å². The standard InChI is InChI=1S/C27H37N7O5S/c1-40(38,39)33-11-7-17(8-12-33)21-14-23(34(16-21)25(35)18-5-9-32(10-6-18)27(28)29)24-30-15-22(31-24)19-3-2-4-20(13-19)26(36)37/h2-4,13,15,17-18,21,23H,5-12,14,16H2,1H3,(H3,28,29)(H,30,31)(H,36,37)/t21-,23-/m0/s1. The van der Waals surface area contributed by atoms with E-state index in [0.717, 1.165) is 19.3 Å². The molecule has 3 fully saturated rings. The zero-order valence-corrected chi connectivity index (χ0v) is 23.4. The van der Waals surface area contributed by atoms with Crippen molar-refractivity contribution < 1.29 is 23.1 Å². The van der Waals surface area contributed by atoms with E-state index in [0.29, 0.717) is 68.6 Å². The van der Waals surface area contributed by atoms with Gasteiger partial charge in [0.05, 0.1) is 29.8 Å². The van der Waals surface area contributed by atoms with E-state index in [1.165, 1.54) is 16.6 Å². The third-order valence-corrected chi connectivity index (χ3v) is 10.1. The molecule has 3 aliphatic rings. The lowest BCUT2D eigenvalue weighted by molar-refractivity contribution is -0.138. The number of carbonyl (C=O) groups is 2. The van der Waals surface area contributed by atoms with E-state index < -0.39 is 16.0 Å². The van der Waals surface area contributed by atoms with Crippen molar-refractivity contribution in [3.05, 3.63) is 41.9 Å². The average Bonchev–Trinajstić information content (AvgIpc) is 3.60. The lowest BCUT2D eigenvalue weighted by Crippen LogP contribution is -2.46. The van der Waals surface area contributed by atoms with Gasteiger partial charge in [0.1, 0.15) is 5.82 Å². The molecule has 1 aromatic heterocycles. The number of sulfonamides is 1. The predicted molar refractivity (Wildman–Crippen MR) is 149 cm³/mol. The lowest BCUT2D eigenvalue weighted by Gasteiger charge is -2.35. The number of aromatic carboxylic acids is 1. The number of aromatic amines is 1. The van der Waals surface area contributed by atoms with Crippen LogP contribution in [0.3, 0.4) is 0 Å². The molecule has 0 radical (unpaired) electrons. The Balaban J connectivity index is 1.37. The van der Waals surface area contributed by atoms with Crippen LogP contribution in [0.4, 0.5) is 0 Å². The number of hydrogen-bond acceptors (Lipinski definition) is 6. The van der Waals surface area contributed by atoms with E-state index in [9.17, 15) is 23.1 Å². The average molecular weight is 572 g/mol. The number of aromatic nitrogens is 2. The molecule has 216 valence electrons. The molecule has 5 N–H and O–H groups in total. The molecule has 1 aromatic carbocycles. The van der Waals surface area contributed by atoms with Gasteiger partial charge >= 0.3 is 5.97 Å². The van der Waals surface area contributed by atoms with Crippen molar-refractivity contribution in [2.24, 2.45) is 23.5 Å². The van der Waals surface area contributed by atoms with Crippen LogP contribution in [0.5, 0.6) is 0 Å². The molecule has 0 bridgehead atoms. The molecule has 0 unspecified atom stereocenters. The summed E-state index contributed by atoms with van der Waals surface area (Å²) < 4.78 is 25.6. The molecule has 4 heterocycles. The number of benzene rings is 1. The van der Waals surface area contributed by atoms with Gasteiger partial charge in [-0.25, -0.2) is 22.5 Å². The van der Waals surface area contributed by atoms with Crippen LogP contribution in [0.25, 0.3) is 11.3 Å². The molecule has 40 heavy (non-hydrogen) atoms. The van der Waals surface area contributed by atoms with Crippen LogP contribution in [-0.4, -0.2) is 94.4 Å². The van der Waals surface area contributed by atoms with Crippen molar-refractivity contribution in [3.8, 4) is 11.3 Å². The highest BCUT2D eigenvalue weighted by Crippen LogP contribution is 2.42. The third-order valence-electron chi connectivity index (χ3n) is 8.77. The van der Waals surface area contributed by atoms with Crippen LogP contribution in [0, 0.1) is 23.2 Å². The molecule has 0 saturated carbocycles. The Morgan fingerprint density at radius 3 is 2.42 bits per heavy atom. The number of piperidine rings is 2. The number of hydrogen-bond donors (Lipinski definition) is 4. The van der Waals surface area contributed by atoms with Gasteiger partial charge in [-0.1, -0.05) is 12.1 Å². The molecule has 2 atom stereocenters. The SMILES string of the molecule is CS(=O)(=O)N1CCC([C@H]2C[C@@H](c3ncc(-c4cccc(C(=O)O)c4)[nH]3)N(C(=O)C3CCN(C(=N)N)CC3)C2)CC1. The fraction of sp³-hybridized carbons (Fsp3) is 0.556. The van der Waals surface area contributed by atoms with Crippen LogP contribution < -0.4 is 5.73 Å². The molecule has 3 aliphatic heterocycles. The highest BCUT2D eigenvalue weighted by Gasteiger charge is 2.44.